The number of carboxylic acids is 1. The highest BCUT2D eigenvalue weighted by Gasteiger charge is 2.24. The third kappa shape index (κ3) is 3.79. The summed E-state index contributed by atoms with van der Waals surface area (Å²) in [5.74, 6) is -0.840. The van der Waals surface area contributed by atoms with Crippen LogP contribution in [-0.2, 0) is 6.54 Å². The van der Waals surface area contributed by atoms with Crippen molar-refractivity contribution in [2.75, 3.05) is 0 Å². The summed E-state index contributed by atoms with van der Waals surface area (Å²) in [5.41, 5.74) is 4.19. The molecule has 0 saturated heterocycles. The molecule has 0 atom stereocenters. The van der Waals surface area contributed by atoms with Crippen molar-refractivity contribution >= 4 is 5.97 Å². The second kappa shape index (κ2) is 7.87. The summed E-state index contributed by atoms with van der Waals surface area (Å²) in [7, 11) is 0. The lowest BCUT2D eigenvalue weighted by atomic mass is 10.1. The normalized spacial score (nSPS) is 15.9. The molecule has 25 heavy (non-hydrogen) atoms. The summed E-state index contributed by atoms with van der Waals surface area (Å²) in [4.78, 5) is 11.9. The maximum absolute atomic E-state index is 11.9. The summed E-state index contributed by atoms with van der Waals surface area (Å²) in [6.45, 7) is 4.55. The SMILES string of the molecule is Cc1c(CNC2CCCCCC2)c(C(=O)O)c(C)n1-c1ccccc1. The van der Waals surface area contributed by atoms with Crippen LogP contribution in [-0.4, -0.2) is 21.7 Å². The number of nitrogens with one attached hydrogen (secondary N) is 1. The predicted molar refractivity (Wildman–Crippen MR) is 101 cm³/mol. The molecule has 0 aliphatic heterocycles. The highest BCUT2D eigenvalue weighted by Crippen LogP contribution is 2.27. The molecule has 0 unspecified atom stereocenters. The molecule has 0 bridgehead atoms. The van der Waals surface area contributed by atoms with E-state index in [0.717, 1.165) is 22.6 Å². The zero-order valence-electron chi connectivity index (χ0n) is 15.2. The molecular weight excluding hydrogens is 312 g/mol. The highest BCUT2D eigenvalue weighted by molar-refractivity contribution is 5.91. The summed E-state index contributed by atoms with van der Waals surface area (Å²) < 4.78 is 2.06. The van der Waals surface area contributed by atoms with E-state index in [1.165, 1.54) is 38.5 Å². The monoisotopic (exact) mass is 340 g/mol. The zero-order chi connectivity index (χ0) is 17.8. The topological polar surface area (TPSA) is 54.3 Å². The van der Waals surface area contributed by atoms with Crippen LogP contribution >= 0.6 is 0 Å². The minimum atomic E-state index is -0.840. The number of aromatic carboxylic acids is 1. The van der Waals surface area contributed by atoms with E-state index in [0.29, 0.717) is 18.2 Å². The fraction of sp³-hybridized carbons (Fsp3) is 0.476. The molecule has 1 heterocycles. The summed E-state index contributed by atoms with van der Waals surface area (Å²) >= 11 is 0. The number of aromatic nitrogens is 1. The number of hydrogen-bond donors (Lipinski definition) is 2. The van der Waals surface area contributed by atoms with Gasteiger partial charge in [0.05, 0.1) is 5.56 Å². The van der Waals surface area contributed by atoms with Crippen molar-refractivity contribution in [1.29, 1.82) is 0 Å². The Hall–Kier alpha value is -2.07. The van der Waals surface area contributed by atoms with E-state index in [1.54, 1.807) is 0 Å². The molecule has 1 fully saturated rings. The number of benzene rings is 1. The van der Waals surface area contributed by atoms with Crippen LogP contribution in [0.15, 0.2) is 30.3 Å². The first-order valence-corrected chi connectivity index (χ1v) is 9.32. The summed E-state index contributed by atoms with van der Waals surface area (Å²) in [6, 6.07) is 10.5. The second-order valence-corrected chi connectivity index (χ2v) is 7.07. The Kier molecular flexibility index (Phi) is 5.59. The number of nitrogens with zero attached hydrogens (tertiary/aromatic N) is 1. The van der Waals surface area contributed by atoms with Crippen molar-refractivity contribution in [1.82, 2.24) is 9.88 Å². The smallest absolute Gasteiger partial charge is 0.337 e. The van der Waals surface area contributed by atoms with Gasteiger partial charge >= 0.3 is 5.97 Å². The Morgan fingerprint density at radius 2 is 1.72 bits per heavy atom. The van der Waals surface area contributed by atoms with Gasteiger partial charge in [-0.15, -0.1) is 0 Å². The van der Waals surface area contributed by atoms with E-state index in [-0.39, 0.29) is 0 Å². The van der Waals surface area contributed by atoms with Gasteiger partial charge in [0, 0.05) is 35.2 Å². The Morgan fingerprint density at radius 1 is 1.08 bits per heavy atom. The first-order valence-electron chi connectivity index (χ1n) is 9.32. The highest BCUT2D eigenvalue weighted by atomic mass is 16.4. The molecule has 1 aliphatic rings. The van der Waals surface area contributed by atoms with Crippen LogP contribution in [0.1, 0.15) is 65.8 Å². The largest absolute Gasteiger partial charge is 0.478 e. The summed E-state index contributed by atoms with van der Waals surface area (Å²) in [6.07, 6.45) is 7.57. The molecule has 1 saturated carbocycles. The van der Waals surface area contributed by atoms with Crippen molar-refractivity contribution in [3.05, 3.63) is 52.8 Å². The maximum Gasteiger partial charge on any atom is 0.337 e. The second-order valence-electron chi connectivity index (χ2n) is 7.07. The van der Waals surface area contributed by atoms with Gasteiger partial charge in [0.1, 0.15) is 0 Å². The van der Waals surface area contributed by atoms with Crippen molar-refractivity contribution in [2.45, 2.75) is 65.0 Å². The van der Waals surface area contributed by atoms with Gasteiger partial charge < -0.3 is 15.0 Å². The molecular formula is C21H28N2O2. The Balaban J connectivity index is 1.91. The maximum atomic E-state index is 11.9. The molecule has 2 aromatic rings. The fourth-order valence-electron chi connectivity index (χ4n) is 4.09. The molecule has 1 aliphatic carbocycles. The first-order chi connectivity index (χ1) is 12.1. The van der Waals surface area contributed by atoms with E-state index in [1.807, 2.05) is 44.2 Å². The summed E-state index contributed by atoms with van der Waals surface area (Å²) in [5, 5.41) is 13.4. The molecule has 3 rings (SSSR count). The van der Waals surface area contributed by atoms with Gasteiger partial charge in [-0.05, 0) is 38.8 Å². The van der Waals surface area contributed by atoms with Gasteiger partial charge in [0.15, 0.2) is 0 Å². The lowest BCUT2D eigenvalue weighted by molar-refractivity contribution is 0.0694. The van der Waals surface area contributed by atoms with Gasteiger partial charge in [0.25, 0.3) is 0 Å². The van der Waals surface area contributed by atoms with Crippen LogP contribution < -0.4 is 5.32 Å². The van der Waals surface area contributed by atoms with Crippen LogP contribution in [0, 0.1) is 13.8 Å². The van der Waals surface area contributed by atoms with E-state index in [2.05, 4.69) is 9.88 Å². The van der Waals surface area contributed by atoms with Crippen LogP contribution in [0.25, 0.3) is 5.69 Å². The van der Waals surface area contributed by atoms with Gasteiger partial charge in [0.2, 0.25) is 0 Å². The molecule has 4 heteroatoms. The number of carbonyl (C=O) groups is 1. The molecule has 0 amide bonds. The van der Waals surface area contributed by atoms with Crippen molar-refractivity contribution in [3.8, 4) is 5.69 Å². The zero-order valence-corrected chi connectivity index (χ0v) is 15.2. The van der Waals surface area contributed by atoms with E-state index in [4.69, 9.17) is 0 Å². The van der Waals surface area contributed by atoms with Crippen LogP contribution in [0.4, 0.5) is 0 Å². The predicted octanol–water partition coefficient (Wildman–Crippen LogP) is 4.60. The van der Waals surface area contributed by atoms with Gasteiger partial charge in [-0.1, -0.05) is 43.9 Å². The van der Waals surface area contributed by atoms with Gasteiger partial charge in [-0.2, -0.15) is 0 Å². The Labute approximate surface area is 149 Å². The average molecular weight is 340 g/mol. The third-order valence-electron chi connectivity index (χ3n) is 5.42. The number of para-hydroxylation sites is 1. The minimum Gasteiger partial charge on any atom is -0.478 e. The molecule has 4 nitrogen and oxygen atoms in total. The van der Waals surface area contributed by atoms with Crippen molar-refractivity contribution in [3.63, 3.8) is 0 Å². The first kappa shape index (κ1) is 17.7. The number of carboxylic acid groups (broad SMARTS) is 1. The van der Waals surface area contributed by atoms with Gasteiger partial charge in [-0.3, -0.25) is 0 Å². The lowest BCUT2D eigenvalue weighted by Crippen LogP contribution is -2.28. The van der Waals surface area contributed by atoms with E-state index < -0.39 is 5.97 Å². The van der Waals surface area contributed by atoms with Crippen LogP contribution in [0.5, 0.6) is 0 Å². The Morgan fingerprint density at radius 3 is 2.32 bits per heavy atom. The number of rotatable bonds is 5. The minimum absolute atomic E-state index is 0.447. The fourth-order valence-corrected chi connectivity index (χ4v) is 4.09. The molecule has 0 radical (unpaired) electrons. The number of hydrogen-bond acceptors (Lipinski definition) is 2. The molecule has 134 valence electrons. The molecule has 2 N–H and O–H groups in total. The molecule has 1 aromatic heterocycles. The average Bonchev–Trinajstić information content (AvgIpc) is 2.76. The molecule has 0 spiro atoms. The van der Waals surface area contributed by atoms with E-state index >= 15 is 0 Å². The Bertz CT molecular complexity index is 726. The van der Waals surface area contributed by atoms with Crippen molar-refractivity contribution in [2.24, 2.45) is 0 Å². The van der Waals surface area contributed by atoms with Crippen LogP contribution in [0.2, 0.25) is 0 Å². The quantitative estimate of drug-likeness (QED) is 0.782. The standard InChI is InChI=1S/C21H28N2O2/c1-15-19(14-22-17-10-6-3-4-7-11-17)20(21(24)25)16(2)23(15)18-12-8-5-9-13-18/h5,8-9,12-13,17,22H,3-4,6-7,10-11,14H2,1-2H3,(H,24,25). The third-order valence-corrected chi connectivity index (χ3v) is 5.42. The van der Waals surface area contributed by atoms with Crippen molar-refractivity contribution < 1.29 is 9.90 Å². The van der Waals surface area contributed by atoms with E-state index in [9.17, 15) is 9.90 Å². The van der Waals surface area contributed by atoms with Crippen LogP contribution in [0.3, 0.4) is 0 Å². The van der Waals surface area contributed by atoms with Gasteiger partial charge in [-0.25, -0.2) is 4.79 Å². The molecule has 1 aromatic carbocycles. The lowest BCUT2D eigenvalue weighted by Gasteiger charge is -2.17.